The first-order valence-corrected chi connectivity index (χ1v) is 12.0. The molecular weight excluding hydrogens is 426 g/mol. The molecule has 0 aromatic heterocycles. The van der Waals surface area contributed by atoms with Crippen LogP contribution in [-0.2, 0) is 24.1 Å². The van der Waals surface area contributed by atoms with Gasteiger partial charge < -0.3 is 26.2 Å². The number of rotatable bonds is 4. The first kappa shape index (κ1) is 22.3. The molecule has 0 radical (unpaired) electrons. The molecule has 0 aliphatic carbocycles. The average molecular weight is 458 g/mol. The van der Waals surface area contributed by atoms with Crippen molar-refractivity contribution in [3.8, 4) is 11.5 Å². The summed E-state index contributed by atoms with van der Waals surface area (Å²) in [5, 5.41) is 29.7. The highest BCUT2D eigenvalue weighted by Crippen LogP contribution is 2.32. The van der Waals surface area contributed by atoms with Gasteiger partial charge in [0, 0.05) is 12.2 Å². The van der Waals surface area contributed by atoms with Crippen LogP contribution < -0.4 is 16.0 Å². The second-order valence-electron chi connectivity index (χ2n) is 9.40. The van der Waals surface area contributed by atoms with Gasteiger partial charge in [0.1, 0.15) is 11.5 Å². The Bertz CT molecular complexity index is 1210. The van der Waals surface area contributed by atoms with Gasteiger partial charge in [0.2, 0.25) is 5.91 Å². The number of aromatic hydroxyl groups is 2. The molecule has 3 aromatic carbocycles. The van der Waals surface area contributed by atoms with Crippen molar-refractivity contribution in [2.75, 3.05) is 18.4 Å². The summed E-state index contributed by atoms with van der Waals surface area (Å²) in [5.74, 6) is 0.568. The maximum absolute atomic E-state index is 13.4. The van der Waals surface area contributed by atoms with Crippen LogP contribution >= 0.6 is 0 Å². The molecule has 2 aliphatic rings. The van der Waals surface area contributed by atoms with Crippen molar-refractivity contribution in [2.45, 2.75) is 44.7 Å². The van der Waals surface area contributed by atoms with Crippen LogP contribution in [0.3, 0.4) is 0 Å². The van der Waals surface area contributed by atoms with Crippen LogP contribution in [0, 0.1) is 6.92 Å². The van der Waals surface area contributed by atoms with Crippen LogP contribution in [0.2, 0.25) is 0 Å². The van der Waals surface area contributed by atoms with E-state index in [4.69, 9.17) is 0 Å². The lowest BCUT2D eigenvalue weighted by Crippen LogP contribution is -2.47. The number of hydrogen-bond donors (Lipinski definition) is 5. The quantitative estimate of drug-likeness (QED) is 0.412. The van der Waals surface area contributed by atoms with Gasteiger partial charge in [-0.3, -0.25) is 4.79 Å². The van der Waals surface area contributed by atoms with Crippen molar-refractivity contribution in [1.29, 1.82) is 0 Å². The number of aryl methyl sites for hydroxylation is 1. The number of fused-ring (bicyclic) bond motifs is 2. The number of phenolic OH excluding ortho intramolecular Hbond substituents is 2. The summed E-state index contributed by atoms with van der Waals surface area (Å²) >= 11 is 0. The van der Waals surface area contributed by atoms with Crippen molar-refractivity contribution >= 4 is 11.6 Å². The molecule has 0 bridgehead atoms. The minimum Gasteiger partial charge on any atom is -0.508 e. The fraction of sp³-hybridized carbons (Fsp3) is 0.321. The van der Waals surface area contributed by atoms with Gasteiger partial charge >= 0.3 is 0 Å². The summed E-state index contributed by atoms with van der Waals surface area (Å²) in [5.41, 5.74) is 7.79. The zero-order chi connectivity index (χ0) is 23.7. The highest BCUT2D eigenvalue weighted by Gasteiger charge is 2.28. The van der Waals surface area contributed by atoms with Crippen molar-refractivity contribution in [2.24, 2.45) is 0 Å². The molecule has 0 fully saturated rings. The van der Waals surface area contributed by atoms with E-state index < -0.39 is 0 Å². The Labute approximate surface area is 200 Å². The molecule has 2 atom stereocenters. The molecule has 2 unspecified atom stereocenters. The van der Waals surface area contributed by atoms with Gasteiger partial charge in [-0.15, -0.1) is 0 Å². The summed E-state index contributed by atoms with van der Waals surface area (Å²) in [7, 11) is 0. The Hall–Kier alpha value is -3.51. The summed E-state index contributed by atoms with van der Waals surface area (Å²) in [6.45, 7) is 3.51. The van der Waals surface area contributed by atoms with Crippen molar-refractivity contribution < 1.29 is 15.0 Å². The molecule has 0 saturated carbocycles. The molecule has 2 heterocycles. The Morgan fingerprint density at radius 3 is 2.62 bits per heavy atom. The van der Waals surface area contributed by atoms with Crippen LogP contribution in [-0.4, -0.2) is 35.3 Å². The zero-order valence-electron chi connectivity index (χ0n) is 19.4. The van der Waals surface area contributed by atoms with Gasteiger partial charge in [-0.1, -0.05) is 24.3 Å². The summed E-state index contributed by atoms with van der Waals surface area (Å²) in [6.07, 6.45) is 3.01. The number of phenols is 2. The highest BCUT2D eigenvalue weighted by atomic mass is 16.3. The number of carbonyl (C=O) groups is 1. The van der Waals surface area contributed by atoms with Crippen LogP contribution in [0.1, 0.15) is 45.8 Å². The fourth-order valence-corrected chi connectivity index (χ4v) is 5.18. The van der Waals surface area contributed by atoms with Crippen LogP contribution in [0.15, 0.2) is 54.6 Å². The molecule has 2 aliphatic heterocycles. The average Bonchev–Trinajstić information content (AvgIpc) is 3.04. The van der Waals surface area contributed by atoms with Gasteiger partial charge in [0.05, 0.1) is 12.1 Å². The van der Waals surface area contributed by atoms with E-state index in [9.17, 15) is 15.0 Å². The molecule has 5 rings (SSSR count). The van der Waals surface area contributed by atoms with Crippen LogP contribution in [0.4, 0.5) is 5.69 Å². The summed E-state index contributed by atoms with van der Waals surface area (Å²) in [4.78, 5) is 13.4. The standard InChI is InChI=1S/C28H31N3O3/c1-17-12-22(33)15-20-8-10-30-27(16-23(17)20)28(34)31-26-9-11-29-25-7-4-19(14-24(25)26)13-18-2-5-21(32)6-3-18/h2-7,12,14-15,26-27,29-30,32-33H,8-11,13,16H2,1H3,(H,31,34). The molecule has 5 N–H and O–H groups in total. The molecule has 3 aromatic rings. The third-order valence-electron chi connectivity index (χ3n) is 6.96. The number of nitrogens with one attached hydrogen (secondary N) is 3. The van der Waals surface area contributed by atoms with Crippen molar-refractivity contribution in [1.82, 2.24) is 10.6 Å². The predicted octanol–water partition coefficient (Wildman–Crippen LogP) is 3.73. The van der Waals surface area contributed by atoms with E-state index >= 15 is 0 Å². The van der Waals surface area contributed by atoms with E-state index in [1.807, 2.05) is 25.1 Å². The Kier molecular flexibility index (Phi) is 6.16. The number of carbonyl (C=O) groups excluding carboxylic acids is 1. The van der Waals surface area contributed by atoms with Gasteiger partial charge in [-0.05, 0) is 103 Å². The van der Waals surface area contributed by atoms with E-state index in [1.165, 1.54) is 5.56 Å². The Morgan fingerprint density at radius 1 is 1.00 bits per heavy atom. The third-order valence-corrected chi connectivity index (χ3v) is 6.96. The van der Waals surface area contributed by atoms with E-state index in [0.29, 0.717) is 13.0 Å². The van der Waals surface area contributed by atoms with Gasteiger partial charge in [0.25, 0.3) is 0 Å². The second kappa shape index (κ2) is 9.39. The van der Waals surface area contributed by atoms with Gasteiger partial charge in [-0.2, -0.15) is 0 Å². The number of anilines is 1. The first-order chi connectivity index (χ1) is 16.5. The molecule has 1 amide bonds. The fourth-order valence-electron chi connectivity index (χ4n) is 5.18. The number of benzene rings is 3. The van der Waals surface area contributed by atoms with Crippen molar-refractivity contribution in [3.05, 3.63) is 88.0 Å². The largest absolute Gasteiger partial charge is 0.508 e. The monoisotopic (exact) mass is 457 g/mol. The SMILES string of the molecule is Cc1cc(O)cc2c1CC(C(=O)NC1CCNc3ccc(Cc4ccc(O)cc4)cc31)NCC2. The normalized spacial score (nSPS) is 19.3. The predicted molar refractivity (Wildman–Crippen MR) is 133 cm³/mol. The molecule has 176 valence electrons. The molecule has 34 heavy (non-hydrogen) atoms. The van der Waals surface area contributed by atoms with E-state index in [-0.39, 0.29) is 29.5 Å². The first-order valence-electron chi connectivity index (χ1n) is 12.0. The van der Waals surface area contributed by atoms with Crippen molar-refractivity contribution in [3.63, 3.8) is 0 Å². The molecule has 6 nitrogen and oxygen atoms in total. The molecule has 0 saturated heterocycles. The van der Waals surface area contributed by atoms with E-state index in [0.717, 1.165) is 59.3 Å². The lowest BCUT2D eigenvalue weighted by atomic mass is 9.92. The molecule has 0 spiro atoms. The number of amides is 1. The third kappa shape index (κ3) is 4.73. The van der Waals surface area contributed by atoms with Crippen LogP contribution in [0.25, 0.3) is 0 Å². The molecular formula is C28H31N3O3. The Morgan fingerprint density at radius 2 is 1.79 bits per heavy atom. The topological polar surface area (TPSA) is 93.6 Å². The van der Waals surface area contributed by atoms with E-state index in [1.54, 1.807) is 18.2 Å². The lowest BCUT2D eigenvalue weighted by molar-refractivity contribution is -0.123. The Balaban J connectivity index is 1.33. The second-order valence-corrected chi connectivity index (χ2v) is 9.40. The maximum atomic E-state index is 13.4. The summed E-state index contributed by atoms with van der Waals surface area (Å²) in [6, 6.07) is 16.9. The van der Waals surface area contributed by atoms with E-state index in [2.05, 4.69) is 34.1 Å². The van der Waals surface area contributed by atoms with Crippen LogP contribution in [0.5, 0.6) is 11.5 Å². The molecule has 6 heteroatoms. The zero-order valence-corrected chi connectivity index (χ0v) is 19.4. The van der Waals surface area contributed by atoms with Gasteiger partial charge in [-0.25, -0.2) is 0 Å². The smallest absolute Gasteiger partial charge is 0.237 e. The minimum atomic E-state index is -0.303. The van der Waals surface area contributed by atoms with Gasteiger partial charge in [0.15, 0.2) is 0 Å². The number of hydrogen-bond acceptors (Lipinski definition) is 5. The maximum Gasteiger partial charge on any atom is 0.237 e. The summed E-state index contributed by atoms with van der Waals surface area (Å²) < 4.78 is 0. The minimum absolute atomic E-state index is 0.0158. The lowest BCUT2D eigenvalue weighted by Gasteiger charge is -2.29. The highest BCUT2D eigenvalue weighted by molar-refractivity contribution is 5.83.